The summed E-state index contributed by atoms with van der Waals surface area (Å²) in [5.41, 5.74) is 3.19. The van der Waals surface area contributed by atoms with Crippen LogP contribution in [0.2, 0.25) is 10.2 Å². The lowest BCUT2D eigenvalue weighted by molar-refractivity contribution is 0.102. The van der Waals surface area contributed by atoms with Crippen molar-refractivity contribution in [1.82, 2.24) is 14.9 Å². The Morgan fingerprint density at radius 3 is 2.55 bits per heavy atom. The Hall–Kier alpha value is -2.93. The third-order valence-electron chi connectivity index (χ3n) is 5.47. The second-order valence-electron chi connectivity index (χ2n) is 7.89. The van der Waals surface area contributed by atoms with E-state index in [9.17, 15) is 4.79 Å². The molecule has 0 unspecified atom stereocenters. The molecule has 0 bridgehead atoms. The minimum absolute atomic E-state index is 0.239. The number of nitrogens with one attached hydrogen (secondary N) is 1. The van der Waals surface area contributed by atoms with Crippen LogP contribution in [-0.4, -0.2) is 53.5 Å². The molecular weight excluding hydrogens is 457 g/mol. The van der Waals surface area contributed by atoms with Gasteiger partial charge in [0.1, 0.15) is 5.15 Å². The minimum Gasteiger partial charge on any atom is -0.352 e. The second-order valence-corrected chi connectivity index (χ2v) is 8.71. The van der Waals surface area contributed by atoms with Crippen molar-refractivity contribution >= 4 is 46.7 Å². The predicted molar refractivity (Wildman–Crippen MR) is 135 cm³/mol. The van der Waals surface area contributed by atoms with Crippen LogP contribution in [0.25, 0.3) is 6.08 Å². The van der Waals surface area contributed by atoms with Crippen LogP contribution in [0.15, 0.2) is 60.8 Å². The molecule has 1 fully saturated rings. The van der Waals surface area contributed by atoms with Gasteiger partial charge >= 0.3 is 0 Å². The van der Waals surface area contributed by atoms with Gasteiger partial charge in [-0.2, -0.15) is 0 Å². The van der Waals surface area contributed by atoms with Gasteiger partial charge in [-0.25, -0.2) is 9.97 Å². The molecule has 1 aromatic carbocycles. The molecule has 170 valence electrons. The molecule has 0 radical (unpaired) electrons. The first-order valence-electron chi connectivity index (χ1n) is 10.8. The number of aromatic nitrogens is 2. The summed E-state index contributed by atoms with van der Waals surface area (Å²) in [7, 11) is 0. The predicted octanol–water partition coefficient (Wildman–Crippen LogP) is 5.18. The van der Waals surface area contributed by atoms with Gasteiger partial charge in [0.2, 0.25) is 0 Å². The number of hydrogen-bond acceptors (Lipinski definition) is 5. The van der Waals surface area contributed by atoms with Crippen LogP contribution in [-0.2, 0) is 0 Å². The first-order valence-corrected chi connectivity index (χ1v) is 11.5. The third kappa shape index (κ3) is 6.32. The lowest BCUT2D eigenvalue weighted by Gasteiger charge is -2.35. The lowest BCUT2D eigenvalue weighted by atomic mass is 10.2. The number of piperazine rings is 1. The Balaban J connectivity index is 1.38. The van der Waals surface area contributed by atoms with E-state index in [1.54, 1.807) is 12.1 Å². The fourth-order valence-corrected chi connectivity index (χ4v) is 3.97. The van der Waals surface area contributed by atoms with Crippen molar-refractivity contribution in [2.45, 2.75) is 6.92 Å². The monoisotopic (exact) mass is 481 g/mol. The molecule has 3 heterocycles. The van der Waals surface area contributed by atoms with Crippen molar-refractivity contribution in [2.24, 2.45) is 0 Å². The number of benzene rings is 1. The first kappa shape index (κ1) is 23.2. The molecule has 4 rings (SSSR count). The highest BCUT2D eigenvalue weighted by Gasteiger charge is 2.21. The smallest absolute Gasteiger partial charge is 0.255 e. The molecule has 0 spiro atoms. The summed E-state index contributed by atoms with van der Waals surface area (Å²) < 4.78 is 0. The molecular formula is C25H25Cl2N5O. The van der Waals surface area contributed by atoms with Crippen molar-refractivity contribution in [3.05, 3.63) is 87.8 Å². The Morgan fingerprint density at radius 1 is 1.06 bits per heavy atom. The molecule has 1 aliphatic rings. The number of carbonyl (C=O) groups excluding carboxylic acids is 1. The van der Waals surface area contributed by atoms with Gasteiger partial charge in [0, 0.05) is 55.2 Å². The summed E-state index contributed by atoms with van der Waals surface area (Å²) in [4.78, 5) is 26.0. The topological polar surface area (TPSA) is 61.4 Å². The number of amides is 1. The number of anilines is 2. The molecule has 2 aromatic heterocycles. The van der Waals surface area contributed by atoms with Gasteiger partial charge in [0.15, 0.2) is 5.82 Å². The van der Waals surface area contributed by atoms with E-state index >= 15 is 0 Å². The molecule has 33 heavy (non-hydrogen) atoms. The van der Waals surface area contributed by atoms with Crippen LogP contribution in [0.5, 0.6) is 0 Å². The Kier molecular flexibility index (Phi) is 7.60. The molecule has 3 aromatic rings. The average Bonchev–Trinajstić information content (AvgIpc) is 2.82. The number of halogens is 2. The molecule has 6 nitrogen and oxygen atoms in total. The summed E-state index contributed by atoms with van der Waals surface area (Å²) in [6.45, 7) is 6.31. The number of carbonyl (C=O) groups is 1. The molecule has 0 aliphatic carbocycles. The van der Waals surface area contributed by atoms with E-state index < -0.39 is 0 Å². The minimum atomic E-state index is -0.239. The summed E-state index contributed by atoms with van der Waals surface area (Å²) in [6, 6.07) is 14.8. The van der Waals surface area contributed by atoms with Crippen LogP contribution in [0.1, 0.15) is 21.6 Å². The lowest BCUT2D eigenvalue weighted by Crippen LogP contribution is -2.47. The highest BCUT2D eigenvalue weighted by Crippen LogP contribution is 2.26. The van der Waals surface area contributed by atoms with Gasteiger partial charge < -0.3 is 10.2 Å². The van der Waals surface area contributed by atoms with Gasteiger partial charge in [0.05, 0.1) is 5.69 Å². The van der Waals surface area contributed by atoms with E-state index in [2.05, 4.69) is 32.3 Å². The second kappa shape index (κ2) is 10.8. The fraction of sp³-hybridized carbons (Fsp3) is 0.240. The fourth-order valence-electron chi connectivity index (χ4n) is 3.67. The Bertz CT molecular complexity index is 1140. The number of pyridine rings is 2. The summed E-state index contributed by atoms with van der Waals surface area (Å²) in [6.07, 6.45) is 5.81. The zero-order valence-corrected chi connectivity index (χ0v) is 19.9. The number of nitrogens with zero attached hydrogens (tertiary/aromatic N) is 4. The van der Waals surface area contributed by atoms with Crippen molar-refractivity contribution in [3.8, 4) is 0 Å². The molecule has 1 saturated heterocycles. The maximum Gasteiger partial charge on any atom is 0.255 e. The molecule has 1 N–H and O–H groups in total. The molecule has 0 atom stereocenters. The summed E-state index contributed by atoms with van der Waals surface area (Å²) in [5, 5.41) is 4.01. The van der Waals surface area contributed by atoms with Crippen molar-refractivity contribution in [2.75, 3.05) is 42.9 Å². The quantitative estimate of drug-likeness (QED) is 0.491. The Morgan fingerprint density at radius 2 is 1.82 bits per heavy atom. The van der Waals surface area contributed by atoms with Crippen molar-refractivity contribution < 1.29 is 4.79 Å². The normalized spacial score (nSPS) is 14.6. The van der Waals surface area contributed by atoms with Crippen LogP contribution in [0.4, 0.5) is 11.5 Å². The molecule has 0 saturated carbocycles. The van der Waals surface area contributed by atoms with Crippen LogP contribution in [0.3, 0.4) is 0 Å². The zero-order chi connectivity index (χ0) is 23.2. The van der Waals surface area contributed by atoms with E-state index in [0.717, 1.165) is 54.8 Å². The summed E-state index contributed by atoms with van der Waals surface area (Å²) in [5.74, 6) is 0.553. The first-order chi connectivity index (χ1) is 16.0. The molecule has 1 aliphatic heterocycles. The molecule has 8 heteroatoms. The average molecular weight is 482 g/mol. The van der Waals surface area contributed by atoms with Crippen LogP contribution in [0, 0.1) is 6.92 Å². The number of aryl methyl sites for hydroxylation is 1. The maximum absolute atomic E-state index is 12.7. The highest BCUT2D eigenvalue weighted by atomic mass is 35.5. The Labute approximate surface area is 203 Å². The van der Waals surface area contributed by atoms with E-state index in [1.807, 2.05) is 43.3 Å². The van der Waals surface area contributed by atoms with E-state index in [-0.39, 0.29) is 11.1 Å². The van der Waals surface area contributed by atoms with E-state index in [0.29, 0.717) is 11.3 Å². The van der Waals surface area contributed by atoms with Crippen molar-refractivity contribution in [1.29, 1.82) is 0 Å². The largest absolute Gasteiger partial charge is 0.352 e. The number of rotatable bonds is 6. The van der Waals surface area contributed by atoms with Crippen molar-refractivity contribution in [3.63, 3.8) is 0 Å². The van der Waals surface area contributed by atoms with Gasteiger partial charge in [-0.3, -0.25) is 9.69 Å². The van der Waals surface area contributed by atoms with Crippen LogP contribution >= 0.6 is 23.2 Å². The van der Waals surface area contributed by atoms with Crippen LogP contribution < -0.4 is 10.2 Å². The van der Waals surface area contributed by atoms with Gasteiger partial charge in [0.25, 0.3) is 5.91 Å². The van der Waals surface area contributed by atoms with E-state index in [4.69, 9.17) is 28.2 Å². The summed E-state index contributed by atoms with van der Waals surface area (Å²) >= 11 is 11.9. The van der Waals surface area contributed by atoms with Gasteiger partial charge in [-0.05, 0) is 48.9 Å². The zero-order valence-electron chi connectivity index (χ0n) is 18.3. The maximum atomic E-state index is 12.7. The standard InChI is InChI=1S/C25H25Cl2N5O/c1-18-4-9-22(30-25(33)20-10-11-28-23(27)17-20)24(29-18)32-15-13-31(14-16-32)12-2-3-19-5-7-21(26)8-6-19/h2-11,17H,12-16H2,1H3,(H,30,33). The van der Waals surface area contributed by atoms with Gasteiger partial charge in [-0.1, -0.05) is 47.5 Å². The van der Waals surface area contributed by atoms with E-state index in [1.165, 1.54) is 6.20 Å². The van der Waals surface area contributed by atoms with Gasteiger partial charge in [-0.15, -0.1) is 0 Å². The highest BCUT2D eigenvalue weighted by molar-refractivity contribution is 6.30. The number of hydrogen-bond donors (Lipinski definition) is 1. The third-order valence-corrected chi connectivity index (χ3v) is 5.93. The molecule has 1 amide bonds. The SMILES string of the molecule is Cc1ccc(NC(=O)c2ccnc(Cl)c2)c(N2CCN(CC=Cc3ccc(Cl)cc3)CC2)n1.